The zero-order chi connectivity index (χ0) is 18.0. The van der Waals surface area contributed by atoms with Crippen molar-refractivity contribution in [2.75, 3.05) is 4.90 Å². The molecule has 2 aromatic carbocycles. The number of carbonyl (C=O) groups excluding carboxylic acids is 2. The van der Waals surface area contributed by atoms with Gasteiger partial charge in [-0.15, -0.1) is 0 Å². The lowest BCUT2D eigenvalue weighted by Gasteiger charge is -2.39. The average molecular weight is 337 g/mol. The van der Waals surface area contributed by atoms with Crippen LogP contribution in [0.1, 0.15) is 54.3 Å². The van der Waals surface area contributed by atoms with E-state index in [1.54, 1.807) is 12.1 Å². The molecular weight excluding hydrogens is 314 g/mol. The van der Waals surface area contributed by atoms with Crippen LogP contribution in [0.15, 0.2) is 48.5 Å². The Balaban J connectivity index is 1.94. The number of aryl methyl sites for hydroxylation is 1. The Morgan fingerprint density at radius 2 is 1.88 bits per heavy atom. The first-order valence-corrected chi connectivity index (χ1v) is 8.70. The lowest BCUT2D eigenvalue weighted by Crippen LogP contribution is -2.43. The topological polar surface area (TPSA) is 46.6 Å². The smallest absolute Gasteiger partial charge is 0.338 e. The molecule has 2 aromatic rings. The highest BCUT2D eigenvalue weighted by atomic mass is 16.5. The van der Waals surface area contributed by atoms with Crippen LogP contribution in [-0.4, -0.2) is 17.9 Å². The van der Waals surface area contributed by atoms with E-state index < -0.39 is 0 Å². The van der Waals surface area contributed by atoms with Gasteiger partial charge in [0.25, 0.3) is 0 Å². The molecular formula is C21H23NO3. The molecule has 0 unspecified atom stereocenters. The molecule has 0 N–H and O–H groups in total. The zero-order valence-electron chi connectivity index (χ0n) is 14.9. The first-order valence-electron chi connectivity index (χ1n) is 8.70. The fraction of sp³-hybridized carbons (Fsp3) is 0.333. The molecule has 2 atom stereocenters. The first kappa shape index (κ1) is 17.2. The average Bonchev–Trinajstić information content (AvgIpc) is 2.62. The van der Waals surface area contributed by atoms with Gasteiger partial charge in [-0.2, -0.15) is 0 Å². The third-order valence-corrected chi connectivity index (χ3v) is 4.62. The van der Waals surface area contributed by atoms with E-state index in [4.69, 9.17) is 4.74 Å². The number of fused-ring (bicyclic) bond motifs is 1. The highest BCUT2D eigenvalue weighted by Gasteiger charge is 2.35. The molecule has 4 heteroatoms. The molecule has 0 saturated carbocycles. The maximum atomic E-state index is 12.5. The van der Waals surface area contributed by atoms with E-state index in [0.29, 0.717) is 18.4 Å². The minimum atomic E-state index is -0.349. The van der Waals surface area contributed by atoms with Crippen LogP contribution in [0.25, 0.3) is 0 Å². The molecule has 1 heterocycles. The van der Waals surface area contributed by atoms with Crippen molar-refractivity contribution in [2.24, 2.45) is 0 Å². The van der Waals surface area contributed by atoms with E-state index in [9.17, 15) is 9.59 Å². The van der Waals surface area contributed by atoms with E-state index in [1.165, 1.54) is 0 Å². The number of benzene rings is 2. The number of esters is 1. The summed E-state index contributed by atoms with van der Waals surface area (Å²) in [5, 5.41) is 0. The summed E-state index contributed by atoms with van der Waals surface area (Å²) in [7, 11) is 0. The third kappa shape index (κ3) is 3.43. The van der Waals surface area contributed by atoms with Crippen LogP contribution >= 0.6 is 0 Å². The summed E-state index contributed by atoms with van der Waals surface area (Å²) in [4.78, 5) is 26.7. The number of carbonyl (C=O) groups is 2. The lowest BCUT2D eigenvalue weighted by atomic mass is 9.92. The van der Waals surface area contributed by atoms with Crippen molar-refractivity contribution in [1.29, 1.82) is 0 Å². The molecule has 3 rings (SSSR count). The molecule has 0 aromatic heterocycles. The third-order valence-electron chi connectivity index (χ3n) is 4.62. The summed E-state index contributed by atoms with van der Waals surface area (Å²) in [6.45, 7) is 5.87. The van der Waals surface area contributed by atoms with Crippen molar-refractivity contribution < 1.29 is 14.3 Å². The highest BCUT2D eigenvalue weighted by Crippen LogP contribution is 2.40. The van der Waals surface area contributed by atoms with Gasteiger partial charge in [-0.25, -0.2) is 4.79 Å². The molecule has 0 bridgehead atoms. The minimum Gasteiger partial charge on any atom is -0.454 e. The maximum absolute atomic E-state index is 12.5. The van der Waals surface area contributed by atoms with Gasteiger partial charge in [-0.3, -0.25) is 4.79 Å². The molecule has 4 nitrogen and oxygen atoms in total. The molecule has 0 spiro atoms. The molecule has 1 amide bonds. The quantitative estimate of drug-likeness (QED) is 0.779. The SMILES string of the molecule is CCC(=O)N1c2ccc(C)cc2[C@H](OC(=O)c2ccccc2)C[C@@H]1C. The predicted molar refractivity (Wildman–Crippen MR) is 97.6 cm³/mol. The second-order valence-corrected chi connectivity index (χ2v) is 6.52. The lowest BCUT2D eigenvalue weighted by molar-refractivity contribution is -0.119. The van der Waals surface area contributed by atoms with Crippen molar-refractivity contribution >= 4 is 17.6 Å². The Hall–Kier alpha value is -2.62. The standard InChI is InChI=1S/C21H23NO3/c1-4-20(23)22-15(3)13-19(17-12-14(2)10-11-18(17)22)25-21(24)16-8-6-5-7-9-16/h5-12,15,19H,4,13H2,1-3H3/t15-,19+/m0/s1. The fourth-order valence-corrected chi connectivity index (χ4v) is 3.36. The summed E-state index contributed by atoms with van der Waals surface area (Å²) in [5.74, 6) is -0.244. The summed E-state index contributed by atoms with van der Waals surface area (Å²) < 4.78 is 5.81. The largest absolute Gasteiger partial charge is 0.454 e. The van der Waals surface area contributed by atoms with Gasteiger partial charge in [0.1, 0.15) is 6.10 Å². The highest BCUT2D eigenvalue weighted by molar-refractivity contribution is 5.95. The number of hydrogen-bond donors (Lipinski definition) is 0. The Labute approximate surface area is 148 Å². The van der Waals surface area contributed by atoms with Crippen molar-refractivity contribution in [1.82, 2.24) is 0 Å². The van der Waals surface area contributed by atoms with Gasteiger partial charge >= 0.3 is 5.97 Å². The summed E-state index contributed by atoms with van der Waals surface area (Å²) >= 11 is 0. The van der Waals surface area contributed by atoms with Crippen molar-refractivity contribution in [3.05, 3.63) is 65.2 Å². The van der Waals surface area contributed by atoms with Crippen LogP contribution in [0.5, 0.6) is 0 Å². The van der Waals surface area contributed by atoms with E-state index in [1.807, 2.05) is 62.1 Å². The van der Waals surface area contributed by atoms with Crippen LogP contribution in [0, 0.1) is 6.92 Å². The first-order chi connectivity index (χ1) is 12.0. The number of amides is 1. The predicted octanol–water partition coefficient (Wildman–Crippen LogP) is 4.43. The van der Waals surface area contributed by atoms with Crippen LogP contribution < -0.4 is 4.90 Å². The van der Waals surface area contributed by atoms with Gasteiger partial charge in [0.2, 0.25) is 5.91 Å². The van der Waals surface area contributed by atoms with Crippen molar-refractivity contribution in [3.63, 3.8) is 0 Å². The number of nitrogens with zero attached hydrogens (tertiary/aromatic N) is 1. The monoisotopic (exact) mass is 337 g/mol. The Bertz CT molecular complexity index is 785. The summed E-state index contributed by atoms with van der Waals surface area (Å²) in [6, 6.07) is 14.9. The molecule has 25 heavy (non-hydrogen) atoms. The van der Waals surface area contributed by atoms with Gasteiger partial charge < -0.3 is 9.64 Å². The van der Waals surface area contributed by atoms with Gasteiger partial charge in [0, 0.05) is 24.4 Å². The number of ether oxygens (including phenoxy) is 1. The fourth-order valence-electron chi connectivity index (χ4n) is 3.36. The number of anilines is 1. The van der Waals surface area contributed by atoms with E-state index in [0.717, 1.165) is 16.8 Å². The molecule has 0 fully saturated rings. The van der Waals surface area contributed by atoms with Crippen LogP contribution in [-0.2, 0) is 9.53 Å². The Morgan fingerprint density at radius 3 is 2.56 bits per heavy atom. The molecule has 0 saturated heterocycles. The normalized spacial score (nSPS) is 19.2. The van der Waals surface area contributed by atoms with E-state index in [-0.39, 0.29) is 24.0 Å². The second-order valence-electron chi connectivity index (χ2n) is 6.52. The van der Waals surface area contributed by atoms with E-state index >= 15 is 0 Å². The molecule has 0 radical (unpaired) electrons. The van der Waals surface area contributed by atoms with Crippen LogP contribution in [0.4, 0.5) is 5.69 Å². The maximum Gasteiger partial charge on any atom is 0.338 e. The zero-order valence-corrected chi connectivity index (χ0v) is 14.9. The minimum absolute atomic E-state index is 0.0174. The molecule has 130 valence electrons. The van der Waals surface area contributed by atoms with Gasteiger partial charge in [-0.1, -0.05) is 42.8 Å². The molecule has 0 aliphatic carbocycles. The Morgan fingerprint density at radius 1 is 1.16 bits per heavy atom. The van der Waals surface area contributed by atoms with Gasteiger partial charge in [0.05, 0.1) is 11.3 Å². The van der Waals surface area contributed by atoms with E-state index in [2.05, 4.69) is 0 Å². The van der Waals surface area contributed by atoms with Crippen molar-refractivity contribution in [2.45, 2.75) is 45.8 Å². The molecule has 1 aliphatic rings. The second kappa shape index (κ2) is 7.09. The van der Waals surface area contributed by atoms with Crippen LogP contribution in [0.2, 0.25) is 0 Å². The number of hydrogen-bond acceptors (Lipinski definition) is 3. The van der Waals surface area contributed by atoms with Gasteiger partial charge in [-0.05, 0) is 32.0 Å². The van der Waals surface area contributed by atoms with Crippen molar-refractivity contribution in [3.8, 4) is 0 Å². The van der Waals surface area contributed by atoms with Gasteiger partial charge in [0.15, 0.2) is 0 Å². The number of rotatable bonds is 3. The van der Waals surface area contributed by atoms with Crippen LogP contribution in [0.3, 0.4) is 0 Å². The Kier molecular flexibility index (Phi) is 4.88. The summed E-state index contributed by atoms with van der Waals surface area (Å²) in [5.41, 5.74) is 3.38. The molecule has 1 aliphatic heterocycles. The summed E-state index contributed by atoms with van der Waals surface area (Å²) in [6.07, 6.45) is 0.700.